The molecule has 0 aliphatic heterocycles. The molecule has 0 amide bonds. The zero-order valence-electron chi connectivity index (χ0n) is 71.0. The van der Waals surface area contributed by atoms with Crippen molar-refractivity contribution in [1.29, 1.82) is 0 Å². The third-order valence-electron chi connectivity index (χ3n) is 21.0. The Bertz CT molecular complexity index is 2050. The van der Waals surface area contributed by atoms with E-state index in [4.69, 9.17) is 37.0 Å². The zero-order chi connectivity index (χ0) is 79.0. The lowest BCUT2D eigenvalue weighted by Gasteiger charge is -2.21. The first-order chi connectivity index (χ1) is 52.5. The van der Waals surface area contributed by atoms with Crippen LogP contribution in [-0.2, 0) is 65.4 Å². The molecular formula is C89H174O17P2. The Morgan fingerprint density at radius 1 is 0.250 bits per heavy atom. The molecule has 2 unspecified atom stereocenters. The molecule has 0 aromatic carbocycles. The van der Waals surface area contributed by atoms with Crippen molar-refractivity contribution in [3.8, 4) is 0 Å². The van der Waals surface area contributed by atoms with Gasteiger partial charge in [-0.1, -0.05) is 433 Å². The van der Waals surface area contributed by atoms with Crippen LogP contribution in [0.4, 0.5) is 0 Å². The molecule has 3 N–H and O–H groups in total. The van der Waals surface area contributed by atoms with E-state index in [-0.39, 0.29) is 25.7 Å². The predicted molar refractivity (Wildman–Crippen MR) is 446 cm³/mol. The summed E-state index contributed by atoms with van der Waals surface area (Å²) in [4.78, 5) is 73.3. The smallest absolute Gasteiger partial charge is 0.462 e. The minimum Gasteiger partial charge on any atom is -0.462 e. The summed E-state index contributed by atoms with van der Waals surface area (Å²) in [6.45, 7) is 7.39. The van der Waals surface area contributed by atoms with E-state index in [1.165, 1.54) is 308 Å². The van der Waals surface area contributed by atoms with E-state index in [1.54, 1.807) is 0 Å². The first-order valence-corrected chi connectivity index (χ1v) is 49.1. The molecule has 0 aliphatic carbocycles. The Hall–Kier alpha value is -1.94. The van der Waals surface area contributed by atoms with E-state index in [0.29, 0.717) is 25.7 Å². The molecule has 0 saturated carbocycles. The van der Waals surface area contributed by atoms with Crippen LogP contribution in [0.5, 0.6) is 0 Å². The Labute approximate surface area is 664 Å². The molecule has 0 rings (SSSR count). The highest BCUT2D eigenvalue weighted by molar-refractivity contribution is 7.47. The van der Waals surface area contributed by atoms with Gasteiger partial charge in [-0.25, -0.2) is 9.13 Å². The minimum atomic E-state index is -4.97. The second kappa shape index (κ2) is 81.6. The molecule has 5 atom stereocenters. The predicted octanol–water partition coefficient (Wildman–Crippen LogP) is 27.5. The molecule has 0 heterocycles. The number of unbranched alkanes of at least 4 members (excludes halogenated alkanes) is 61. The summed E-state index contributed by atoms with van der Waals surface area (Å²) in [6.07, 6.45) is 76.5. The van der Waals surface area contributed by atoms with Gasteiger partial charge in [-0.3, -0.25) is 37.3 Å². The second-order valence-corrected chi connectivity index (χ2v) is 35.4. The fourth-order valence-electron chi connectivity index (χ4n) is 14.0. The summed E-state index contributed by atoms with van der Waals surface area (Å²) < 4.78 is 69.0. The van der Waals surface area contributed by atoms with Crippen LogP contribution < -0.4 is 0 Å². The topological polar surface area (TPSA) is 237 Å². The molecule has 0 radical (unpaired) electrons. The van der Waals surface area contributed by atoms with Gasteiger partial charge in [-0.05, 0) is 31.6 Å². The number of hydrogen-bond donors (Lipinski definition) is 3. The van der Waals surface area contributed by atoms with Gasteiger partial charge < -0.3 is 33.8 Å². The molecule has 19 heteroatoms. The van der Waals surface area contributed by atoms with E-state index in [2.05, 4.69) is 34.6 Å². The van der Waals surface area contributed by atoms with E-state index >= 15 is 0 Å². The molecule has 0 bridgehead atoms. The number of phosphoric acid groups is 2. The largest absolute Gasteiger partial charge is 0.472 e. The molecule has 0 aromatic rings. The standard InChI is InChI=1S/C89H174O17P2/c1-6-9-12-15-18-21-24-26-28-30-32-33-34-36-38-40-44-49-54-59-64-69-74-88(93)106-85(79-100-87(92)73-68-63-58-53-48-43-39-37-35-31-29-27-25-22-19-16-13-10-7-2)81-104-108(97,98)102-77-83(90)76-101-107(95,96)103-80-84(78-99-86(91)72-67-62-57-52-46-23-20-17-14-11-8-3)105-89(94)75-70-65-60-55-50-45-41-42-47-51-56-61-66-71-82(4)5/h82-85,90H,6-81H2,1-5H3,(H,95,96)(H,97,98)/t83-,84+,85+/m0/s1. The minimum absolute atomic E-state index is 0.108. The van der Waals surface area contributed by atoms with Crippen molar-refractivity contribution in [2.24, 2.45) is 5.92 Å². The van der Waals surface area contributed by atoms with Gasteiger partial charge in [0.2, 0.25) is 0 Å². The Morgan fingerprint density at radius 3 is 0.630 bits per heavy atom. The van der Waals surface area contributed by atoms with Crippen LogP contribution in [0.25, 0.3) is 0 Å². The van der Waals surface area contributed by atoms with Gasteiger partial charge in [-0.15, -0.1) is 0 Å². The van der Waals surface area contributed by atoms with E-state index in [9.17, 15) is 43.2 Å². The van der Waals surface area contributed by atoms with Gasteiger partial charge in [0, 0.05) is 25.7 Å². The van der Waals surface area contributed by atoms with Gasteiger partial charge >= 0.3 is 39.5 Å². The van der Waals surface area contributed by atoms with Crippen molar-refractivity contribution in [3.63, 3.8) is 0 Å². The highest BCUT2D eigenvalue weighted by Crippen LogP contribution is 2.45. The summed E-state index contributed by atoms with van der Waals surface area (Å²) in [7, 11) is -9.93. The number of esters is 4. The summed E-state index contributed by atoms with van der Waals surface area (Å²) in [5.74, 6) is -1.31. The normalized spacial score (nSPS) is 13.7. The van der Waals surface area contributed by atoms with Crippen LogP contribution in [0, 0.1) is 5.92 Å². The Kier molecular flexibility index (Phi) is 80.2. The van der Waals surface area contributed by atoms with E-state index in [1.807, 2.05) is 0 Å². The van der Waals surface area contributed by atoms with Crippen LogP contribution in [0.3, 0.4) is 0 Å². The van der Waals surface area contributed by atoms with Gasteiger partial charge in [-0.2, -0.15) is 0 Å². The quantitative estimate of drug-likeness (QED) is 0.0222. The van der Waals surface area contributed by atoms with Crippen molar-refractivity contribution in [2.45, 2.75) is 502 Å². The fraction of sp³-hybridized carbons (Fsp3) is 0.955. The molecule has 17 nitrogen and oxygen atoms in total. The van der Waals surface area contributed by atoms with E-state index < -0.39 is 97.5 Å². The number of phosphoric ester groups is 2. The molecule has 642 valence electrons. The van der Waals surface area contributed by atoms with Crippen LogP contribution in [-0.4, -0.2) is 96.7 Å². The zero-order valence-corrected chi connectivity index (χ0v) is 72.8. The van der Waals surface area contributed by atoms with Crippen molar-refractivity contribution in [2.75, 3.05) is 39.6 Å². The molecule has 0 spiro atoms. The summed E-state index contributed by atoms with van der Waals surface area (Å²) >= 11 is 0. The van der Waals surface area contributed by atoms with Crippen molar-refractivity contribution in [1.82, 2.24) is 0 Å². The Morgan fingerprint density at radius 2 is 0.426 bits per heavy atom. The fourth-order valence-corrected chi connectivity index (χ4v) is 15.6. The maximum atomic E-state index is 13.2. The molecule has 0 aromatic heterocycles. The number of rotatable bonds is 89. The molecule has 0 aliphatic rings. The van der Waals surface area contributed by atoms with Crippen molar-refractivity contribution < 1.29 is 80.2 Å². The number of hydrogen-bond acceptors (Lipinski definition) is 15. The van der Waals surface area contributed by atoms with Gasteiger partial charge in [0.1, 0.15) is 19.3 Å². The first-order valence-electron chi connectivity index (χ1n) is 46.1. The lowest BCUT2D eigenvalue weighted by molar-refractivity contribution is -0.161. The first kappa shape index (κ1) is 106. The Balaban J connectivity index is 5.23. The van der Waals surface area contributed by atoms with Crippen LogP contribution in [0.15, 0.2) is 0 Å². The highest BCUT2D eigenvalue weighted by Gasteiger charge is 2.30. The van der Waals surface area contributed by atoms with Crippen molar-refractivity contribution >= 4 is 39.5 Å². The van der Waals surface area contributed by atoms with Gasteiger partial charge in [0.05, 0.1) is 26.4 Å². The SMILES string of the molecule is CCCCCCCCCCCCCCCCCCCCCCCCC(=O)O[C@H](COC(=O)CCCCCCCCCCCCCCCCCCCCC)COP(=O)(O)OC[C@@H](O)COP(=O)(O)OC[C@@H](COC(=O)CCCCCCCCCCCCC)OC(=O)CCCCCCCCCCCCCCCC(C)C. The summed E-state index contributed by atoms with van der Waals surface area (Å²) in [5.41, 5.74) is 0. The van der Waals surface area contributed by atoms with Crippen LogP contribution in [0.1, 0.15) is 484 Å². The number of carbonyl (C=O) groups is 4. The van der Waals surface area contributed by atoms with Crippen molar-refractivity contribution in [3.05, 3.63) is 0 Å². The lowest BCUT2D eigenvalue weighted by Crippen LogP contribution is -2.30. The third kappa shape index (κ3) is 82.1. The maximum Gasteiger partial charge on any atom is 0.472 e. The number of carbonyl (C=O) groups excluding carboxylic acids is 4. The van der Waals surface area contributed by atoms with Crippen LogP contribution >= 0.6 is 15.6 Å². The molecule has 108 heavy (non-hydrogen) atoms. The van der Waals surface area contributed by atoms with Crippen LogP contribution in [0.2, 0.25) is 0 Å². The number of ether oxygens (including phenoxy) is 4. The average molecular weight is 1580 g/mol. The van der Waals surface area contributed by atoms with Gasteiger partial charge in [0.15, 0.2) is 12.2 Å². The lowest BCUT2D eigenvalue weighted by atomic mass is 10.0. The van der Waals surface area contributed by atoms with Gasteiger partial charge in [0.25, 0.3) is 0 Å². The molecule has 0 fully saturated rings. The second-order valence-electron chi connectivity index (χ2n) is 32.5. The molecular weight excluding hydrogens is 1400 g/mol. The maximum absolute atomic E-state index is 13.2. The highest BCUT2D eigenvalue weighted by atomic mass is 31.2. The summed E-state index contributed by atoms with van der Waals surface area (Å²) in [5, 5.41) is 10.7. The number of aliphatic hydroxyl groups excluding tert-OH is 1. The number of aliphatic hydroxyl groups is 1. The monoisotopic (exact) mass is 1580 g/mol. The van der Waals surface area contributed by atoms with E-state index in [0.717, 1.165) is 95.8 Å². The third-order valence-corrected chi connectivity index (χ3v) is 22.9. The summed E-state index contributed by atoms with van der Waals surface area (Å²) in [6, 6.07) is 0. The average Bonchev–Trinajstić information content (AvgIpc) is 0.908. The molecule has 0 saturated heterocycles.